The first-order valence-electron chi connectivity index (χ1n) is 5.28. The third-order valence-electron chi connectivity index (χ3n) is 2.44. The molecule has 0 unspecified atom stereocenters. The molecule has 0 saturated heterocycles. The molecule has 0 saturated carbocycles. The van der Waals surface area contributed by atoms with E-state index in [0.717, 1.165) is 15.8 Å². The maximum absolute atomic E-state index is 11.0. The van der Waals surface area contributed by atoms with Crippen LogP contribution in [0.4, 0.5) is 17.1 Å². The van der Waals surface area contributed by atoms with Crippen LogP contribution in [-0.2, 0) is 0 Å². The van der Waals surface area contributed by atoms with E-state index < -0.39 is 5.91 Å². The lowest BCUT2D eigenvalue weighted by Gasteiger charge is -2.10. The van der Waals surface area contributed by atoms with Gasteiger partial charge in [-0.1, -0.05) is 22.0 Å². The maximum Gasteiger partial charge on any atom is 0.248 e. The summed E-state index contributed by atoms with van der Waals surface area (Å²) in [4.78, 5) is 11.0. The van der Waals surface area contributed by atoms with Crippen LogP contribution in [0.25, 0.3) is 0 Å². The molecule has 0 radical (unpaired) electrons. The standard InChI is InChI=1S/C13H12BrN3O/c14-9-2-1-3-10(7-9)17-12-5-4-8(13(16)18)6-11(12)15/h1-7,17H,15H2,(H2,16,18). The molecule has 4 nitrogen and oxygen atoms in total. The molecule has 2 aromatic rings. The third-order valence-corrected chi connectivity index (χ3v) is 2.93. The van der Waals surface area contributed by atoms with Gasteiger partial charge in [0.1, 0.15) is 0 Å². The molecule has 0 bridgehead atoms. The highest BCUT2D eigenvalue weighted by Crippen LogP contribution is 2.25. The van der Waals surface area contributed by atoms with Gasteiger partial charge in [0, 0.05) is 15.7 Å². The number of halogens is 1. The SMILES string of the molecule is NC(=O)c1ccc(Nc2cccc(Br)c2)c(N)c1. The molecule has 0 aliphatic rings. The minimum atomic E-state index is -0.490. The topological polar surface area (TPSA) is 81.1 Å². The van der Waals surface area contributed by atoms with E-state index >= 15 is 0 Å². The number of amides is 1. The van der Waals surface area contributed by atoms with Gasteiger partial charge in [-0.15, -0.1) is 0 Å². The highest BCUT2D eigenvalue weighted by Gasteiger charge is 2.05. The Hall–Kier alpha value is -2.01. The van der Waals surface area contributed by atoms with E-state index in [1.54, 1.807) is 18.2 Å². The fourth-order valence-corrected chi connectivity index (χ4v) is 1.95. The van der Waals surface area contributed by atoms with Crippen LogP contribution in [0.3, 0.4) is 0 Å². The Bertz CT molecular complexity index is 599. The predicted molar refractivity (Wildman–Crippen MR) is 76.8 cm³/mol. The lowest BCUT2D eigenvalue weighted by atomic mass is 10.1. The normalized spacial score (nSPS) is 10.1. The Labute approximate surface area is 113 Å². The van der Waals surface area contributed by atoms with Crippen LogP contribution in [-0.4, -0.2) is 5.91 Å². The molecule has 18 heavy (non-hydrogen) atoms. The van der Waals surface area contributed by atoms with Crippen LogP contribution in [0.1, 0.15) is 10.4 Å². The number of nitrogen functional groups attached to an aromatic ring is 1. The van der Waals surface area contributed by atoms with Crippen molar-refractivity contribution in [3.8, 4) is 0 Å². The number of rotatable bonds is 3. The first-order valence-corrected chi connectivity index (χ1v) is 6.07. The Morgan fingerprint density at radius 1 is 1.17 bits per heavy atom. The van der Waals surface area contributed by atoms with E-state index in [0.29, 0.717) is 11.3 Å². The average molecular weight is 306 g/mol. The van der Waals surface area contributed by atoms with Gasteiger partial charge in [-0.25, -0.2) is 0 Å². The van der Waals surface area contributed by atoms with E-state index in [-0.39, 0.29) is 0 Å². The zero-order chi connectivity index (χ0) is 13.1. The van der Waals surface area contributed by atoms with Gasteiger partial charge >= 0.3 is 0 Å². The molecule has 1 amide bonds. The van der Waals surface area contributed by atoms with E-state index in [9.17, 15) is 4.79 Å². The summed E-state index contributed by atoms with van der Waals surface area (Å²) in [5.41, 5.74) is 13.6. The Kier molecular flexibility index (Phi) is 3.53. The Morgan fingerprint density at radius 3 is 2.56 bits per heavy atom. The molecule has 5 N–H and O–H groups in total. The largest absolute Gasteiger partial charge is 0.397 e. The van der Waals surface area contributed by atoms with Crippen molar-refractivity contribution in [2.45, 2.75) is 0 Å². The third kappa shape index (κ3) is 2.81. The predicted octanol–water partition coefficient (Wildman–Crippen LogP) is 2.87. The van der Waals surface area contributed by atoms with Crippen LogP contribution in [0.2, 0.25) is 0 Å². The molecule has 2 rings (SSSR count). The molecule has 0 atom stereocenters. The van der Waals surface area contributed by atoms with Gasteiger partial charge in [0.2, 0.25) is 5.91 Å². The minimum absolute atomic E-state index is 0.396. The second-order valence-corrected chi connectivity index (χ2v) is 4.72. The van der Waals surface area contributed by atoms with Crippen molar-refractivity contribution in [3.63, 3.8) is 0 Å². The monoisotopic (exact) mass is 305 g/mol. The van der Waals surface area contributed by atoms with Crippen LogP contribution in [0.5, 0.6) is 0 Å². The molecule has 2 aromatic carbocycles. The zero-order valence-corrected chi connectivity index (χ0v) is 11.1. The summed E-state index contributed by atoms with van der Waals surface area (Å²) in [5.74, 6) is -0.490. The summed E-state index contributed by atoms with van der Waals surface area (Å²) in [6.45, 7) is 0. The first-order chi connectivity index (χ1) is 8.56. The van der Waals surface area contributed by atoms with Crippen LogP contribution >= 0.6 is 15.9 Å². The molecular weight excluding hydrogens is 294 g/mol. The highest BCUT2D eigenvalue weighted by atomic mass is 79.9. The van der Waals surface area contributed by atoms with Gasteiger partial charge in [0.15, 0.2) is 0 Å². The first kappa shape index (κ1) is 12.4. The van der Waals surface area contributed by atoms with Crippen molar-refractivity contribution in [3.05, 3.63) is 52.5 Å². The van der Waals surface area contributed by atoms with Crippen molar-refractivity contribution in [1.29, 1.82) is 0 Å². The van der Waals surface area contributed by atoms with Gasteiger partial charge in [-0.3, -0.25) is 4.79 Å². The summed E-state index contributed by atoms with van der Waals surface area (Å²) >= 11 is 3.39. The number of nitrogens with two attached hydrogens (primary N) is 2. The number of carbonyl (C=O) groups is 1. The van der Waals surface area contributed by atoms with Crippen LogP contribution in [0, 0.1) is 0 Å². The second-order valence-electron chi connectivity index (χ2n) is 3.80. The number of primary amides is 1. The fourth-order valence-electron chi connectivity index (χ4n) is 1.55. The van der Waals surface area contributed by atoms with Crippen molar-refractivity contribution in [2.75, 3.05) is 11.1 Å². The number of anilines is 3. The smallest absolute Gasteiger partial charge is 0.248 e. The van der Waals surface area contributed by atoms with Gasteiger partial charge in [-0.05, 0) is 36.4 Å². The van der Waals surface area contributed by atoms with Crippen LogP contribution < -0.4 is 16.8 Å². The molecule has 5 heteroatoms. The van der Waals surface area contributed by atoms with E-state index in [1.807, 2.05) is 24.3 Å². The van der Waals surface area contributed by atoms with E-state index in [1.165, 1.54) is 0 Å². The lowest BCUT2D eigenvalue weighted by Crippen LogP contribution is -2.11. The van der Waals surface area contributed by atoms with Gasteiger partial charge < -0.3 is 16.8 Å². The summed E-state index contributed by atoms with van der Waals surface area (Å²) in [6.07, 6.45) is 0. The fraction of sp³-hybridized carbons (Fsp3) is 0. The Balaban J connectivity index is 2.27. The lowest BCUT2D eigenvalue weighted by molar-refractivity contribution is 0.100. The molecule has 0 heterocycles. The molecule has 0 spiro atoms. The number of hydrogen-bond donors (Lipinski definition) is 3. The van der Waals surface area contributed by atoms with Crippen molar-refractivity contribution in [2.24, 2.45) is 5.73 Å². The minimum Gasteiger partial charge on any atom is -0.397 e. The van der Waals surface area contributed by atoms with Crippen molar-refractivity contribution >= 4 is 38.9 Å². The number of carbonyl (C=O) groups excluding carboxylic acids is 1. The number of benzene rings is 2. The van der Waals surface area contributed by atoms with Crippen LogP contribution in [0.15, 0.2) is 46.9 Å². The summed E-state index contributed by atoms with van der Waals surface area (Å²) in [6, 6.07) is 12.6. The quantitative estimate of drug-likeness (QED) is 0.763. The molecule has 0 aliphatic carbocycles. The van der Waals surface area contributed by atoms with Gasteiger partial charge in [-0.2, -0.15) is 0 Å². The molecule has 0 aromatic heterocycles. The maximum atomic E-state index is 11.0. The molecule has 92 valence electrons. The molecule has 0 aliphatic heterocycles. The zero-order valence-electron chi connectivity index (χ0n) is 9.48. The van der Waals surface area contributed by atoms with Crippen molar-refractivity contribution < 1.29 is 4.79 Å². The highest BCUT2D eigenvalue weighted by molar-refractivity contribution is 9.10. The average Bonchev–Trinajstić information content (AvgIpc) is 2.31. The summed E-state index contributed by atoms with van der Waals surface area (Å²) < 4.78 is 0.972. The van der Waals surface area contributed by atoms with E-state index in [4.69, 9.17) is 11.5 Å². The van der Waals surface area contributed by atoms with Gasteiger partial charge in [0.25, 0.3) is 0 Å². The summed E-state index contributed by atoms with van der Waals surface area (Å²) in [5, 5.41) is 3.17. The van der Waals surface area contributed by atoms with E-state index in [2.05, 4.69) is 21.2 Å². The molecular formula is C13H12BrN3O. The van der Waals surface area contributed by atoms with Crippen molar-refractivity contribution in [1.82, 2.24) is 0 Å². The number of nitrogens with one attached hydrogen (secondary N) is 1. The second kappa shape index (κ2) is 5.10. The number of hydrogen-bond acceptors (Lipinski definition) is 3. The van der Waals surface area contributed by atoms with Gasteiger partial charge in [0.05, 0.1) is 11.4 Å². The Morgan fingerprint density at radius 2 is 1.94 bits per heavy atom. The summed E-state index contributed by atoms with van der Waals surface area (Å²) in [7, 11) is 0. The molecule has 0 fully saturated rings.